The van der Waals surface area contributed by atoms with Crippen molar-refractivity contribution in [3.8, 4) is 5.75 Å². The van der Waals surface area contributed by atoms with E-state index in [1.165, 1.54) is 0 Å². The number of fused-ring (bicyclic) bond motifs is 1. The fourth-order valence-electron chi connectivity index (χ4n) is 4.94. The fraction of sp³-hybridized carbons (Fsp3) is 0.417. The number of benzene rings is 1. The van der Waals surface area contributed by atoms with Gasteiger partial charge in [0.2, 0.25) is 0 Å². The number of nitrogens with zero attached hydrogens (tertiary/aromatic N) is 5. The standard InChI is InChI=1S/C24H28N6O3/c1-28-16-25-13-20(28)24(32)30-12-9-19-22(27-15-26-19)23(30)17-7-10-29(11-8-17)21(31)14-33-18-5-3-2-4-6-18/h2-6,13,15-17,23H,7-12,14H2,1H3,(H,26,27). The van der Waals surface area contributed by atoms with Crippen molar-refractivity contribution in [1.29, 1.82) is 0 Å². The Labute approximate surface area is 192 Å². The van der Waals surface area contributed by atoms with E-state index in [1.54, 1.807) is 23.4 Å². The summed E-state index contributed by atoms with van der Waals surface area (Å²) in [4.78, 5) is 41.9. The van der Waals surface area contributed by atoms with E-state index < -0.39 is 0 Å². The topological polar surface area (TPSA) is 96.4 Å². The van der Waals surface area contributed by atoms with Crippen LogP contribution < -0.4 is 4.74 Å². The minimum Gasteiger partial charge on any atom is -0.484 e. The van der Waals surface area contributed by atoms with Crippen LogP contribution in [-0.4, -0.2) is 67.4 Å². The minimum absolute atomic E-state index is 0.00998. The van der Waals surface area contributed by atoms with Crippen molar-refractivity contribution >= 4 is 11.8 Å². The van der Waals surface area contributed by atoms with E-state index >= 15 is 0 Å². The van der Waals surface area contributed by atoms with E-state index in [-0.39, 0.29) is 30.4 Å². The van der Waals surface area contributed by atoms with Gasteiger partial charge in [-0.15, -0.1) is 0 Å². The Balaban J connectivity index is 1.27. The van der Waals surface area contributed by atoms with Crippen LogP contribution in [-0.2, 0) is 18.3 Å². The Morgan fingerprint density at radius 1 is 1.15 bits per heavy atom. The highest BCUT2D eigenvalue weighted by molar-refractivity contribution is 5.93. The molecule has 2 amide bonds. The molecule has 1 aromatic carbocycles. The summed E-state index contributed by atoms with van der Waals surface area (Å²) in [6, 6.07) is 9.27. The number of carbonyl (C=O) groups excluding carboxylic acids is 2. The van der Waals surface area contributed by atoms with Gasteiger partial charge in [0.1, 0.15) is 11.4 Å². The number of ether oxygens (including phenoxy) is 1. The first-order valence-electron chi connectivity index (χ1n) is 11.4. The molecule has 3 aromatic rings. The molecule has 0 bridgehead atoms. The number of hydrogen-bond donors (Lipinski definition) is 1. The van der Waals surface area contributed by atoms with Gasteiger partial charge in [-0.2, -0.15) is 0 Å². The molecule has 4 heterocycles. The van der Waals surface area contributed by atoms with Crippen LogP contribution in [0, 0.1) is 5.92 Å². The third kappa shape index (κ3) is 4.22. The zero-order valence-corrected chi connectivity index (χ0v) is 18.7. The summed E-state index contributed by atoms with van der Waals surface area (Å²) < 4.78 is 7.39. The number of amides is 2. The van der Waals surface area contributed by atoms with Crippen molar-refractivity contribution in [2.24, 2.45) is 13.0 Å². The van der Waals surface area contributed by atoms with E-state index in [2.05, 4.69) is 15.0 Å². The Kier molecular flexibility index (Phi) is 5.85. The van der Waals surface area contributed by atoms with Crippen LogP contribution in [0.2, 0.25) is 0 Å². The number of aromatic nitrogens is 4. The molecule has 1 fully saturated rings. The number of hydrogen-bond acceptors (Lipinski definition) is 5. The predicted octanol–water partition coefficient (Wildman–Crippen LogP) is 2.20. The Morgan fingerprint density at radius 3 is 2.67 bits per heavy atom. The average molecular weight is 449 g/mol. The second-order valence-corrected chi connectivity index (χ2v) is 8.67. The van der Waals surface area contributed by atoms with Crippen LogP contribution in [0.4, 0.5) is 0 Å². The first-order valence-corrected chi connectivity index (χ1v) is 11.4. The summed E-state index contributed by atoms with van der Waals surface area (Å²) in [6.07, 6.45) is 7.35. The second-order valence-electron chi connectivity index (χ2n) is 8.67. The molecule has 2 aliphatic heterocycles. The third-order valence-corrected chi connectivity index (χ3v) is 6.71. The number of aromatic amines is 1. The largest absolute Gasteiger partial charge is 0.484 e. The summed E-state index contributed by atoms with van der Waals surface area (Å²) in [5.41, 5.74) is 2.63. The maximum Gasteiger partial charge on any atom is 0.272 e. The monoisotopic (exact) mass is 448 g/mol. The van der Waals surface area contributed by atoms with E-state index in [4.69, 9.17) is 4.74 Å². The number of piperidine rings is 1. The van der Waals surface area contributed by atoms with Crippen molar-refractivity contribution in [3.05, 3.63) is 66.3 Å². The lowest BCUT2D eigenvalue weighted by atomic mass is 9.83. The molecular formula is C24H28N6O3. The van der Waals surface area contributed by atoms with Gasteiger partial charge in [0, 0.05) is 38.8 Å². The lowest BCUT2D eigenvalue weighted by Crippen LogP contribution is -2.48. The number of aryl methyl sites for hydroxylation is 1. The molecule has 172 valence electrons. The van der Waals surface area contributed by atoms with Crippen LogP contribution in [0.3, 0.4) is 0 Å². The highest BCUT2D eigenvalue weighted by Crippen LogP contribution is 2.39. The molecule has 0 spiro atoms. The third-order valence-electron chi connectivity index (χ3n) is 6.71. The SMILES string of the molecule is Cn1cncc1C(=O)N1CCc2[nH]cnc2C1C1CCN(C(=O)COc2ccccc2)CC1. The molecule has 5 rings (SSSR count). The van der Waals surface area contributed by atoms with Gasteiger partial charge in [0.15, 0.2) is 6.61 Å². The number of nitrogens with one attached hydrogen (secondary N) is 1. The molecule has 1 atom stereocenters. The van der Waals surface area contributed by atoms with E-state index in [0.717, 1.165) is 30.7 Å². The van der Waals surface area contributed by atoms with Crippen molar-refractivity contribution in [3.63, 3.8) is 0 Å². The maximum atomic E-state index is 13.4. The van der Waals surface area contributed by atoms with Gasteiger partial charge in [0.25, 0.3) is 11.8 Å². The highest BCUT2D eigenvalue weighted by atomic mass is 16.5. The van der Waals surface area contributed by atoms with Gasteiger partial charge in [-0.25, -0.2) is 9.97 Å². The molecule has 33 heavy (non-hydrogen) atoms. The fourth-order valence-corrected chi connectivity index (χ4v) is 4.94. The van der Waals surface area contributed by atoms with Crippen molar-refractivity contribution in [2.45, 2.75) is 25.3 Å². The average Bonchev–Trinajstić information content (AvgIpc) is 3.51. The van der Waals surface area contributed by atoms with Gasteiger partial charge in [-0.3, -0.25) is 9.59 Å². The zero-order valence-electron chi connectivity index (χ0n) is 18.7. The lowest BCUT2D eigenvalue weighted by Gasteiger charge is -2.42. The van der Waals surface area contributed by atoms with Crippen molar-refractivity contribution in [2.75, 3.05) is 26.2 Å². The Hall–Kier alpha value is -3.62. The number of imidazole rings is 2. The minimum atomic E-state index is -0.111. The summed E-state index contributed by atoms with van der Waals surface area (Å²) in [5, 5.41) is 0. The van der Waals surface area contributed by atoms with E-state index in [0.29, 0.717) is 31.1 Å². The van der Waals surface area contributed by atoms with Crippen molar-refractivity contribution in [1.82, 2.24) is 29.3 Å². The van der Waals surface area contributed by atoms with Gasteiger partial charge in [-0.1, -0.05) is 18.2 Å². The van der Waals surface area contributed by atoms with Crippen LogP contribution >= 0.6 is 0 Å². The summed E-state index contributed by atoms with van der Waals surface area (Å²) >= 11 is 0. The maximum absolute atomic E-state index is 13.4. The lowest BCUT2D eigenvalue weighted by molar-refractivity contribution is -0.135. The molecule has 0 saturated carbocycles. The molecule has 0 aliphatic carbocycles. The first-order chi connectivity index (χ1) is 16.1. The van der Waals surface area contributed by atoms with Gasteiger partial charge in [-0.05, 0) is 30.9 Å². The van der Waals surface area contributed by atoms with Crippen LogP contribution in [0.15, 0.2) is 49.2 Å². The smallest absolute Gasteiger partial charge is 0.272 e. The van der Waals surface area contributed by atoms with Crippen LogP contribution in [0.25, 0.3) is 0 Å². The molecular weight excluding hydrogens is 420 g/mol. The quantitative estimate of drug-likeness (QED) is 0.646. The molecule has 1 N–H and O–H groups in total. The molecule has 0 radical (unpaired) electrons. The first kappa shape index (κ1) is 21.2. The zero-order chi connectivity index (χ0) is 22.8. The summed E-state index contributed by atoms with van der Waals surface area (Å²) in [6.45, 7) is 1.96. The van der Waals surface area contributed by atoms with Crippen molar-refractivity contribution < 1.29 is 14.3 Å². The molecule has 2 aliphatic rings. The molecule has 1 unspecified atom stereocenters. The second kappa shape index (κ2) is 9.09. The normalized spacial score (nSPS) is 18.8. The van der Waals surface area contributed by atoms with Gasteiger partial charge < -0.3 is 24.1 Å². The summed E-state index contributed by atoms with van der Waals surface area (Å²) in [5.74, 6) is 0.884. The molecule has 9 nitrogen and oxygen atoms in total. The number of likely N-dealkylation sites (tertiary alicyclic amines) is 1. The Bertz CT molecular complexity index is 1120. The predicted molar refractivity (Wildman–Crippen MR) is 121 cm³/mol. The highest BCUT2D eigenvalue weighted by Gasteiger charge is 2.40. The van der Waals surface area contributed by atoms with Gasteiger partial charge in [0.05, 0.1) is 30.6 Å². The molecule has 9 heteroatoms. The number of rotatable bonds is 5. The number of para-hydroxylation sites is 1. The Morgan fingerprint density at radius 2 is 1.94 bits per heavy atom. The van der Waals surface area contributed by atoms with E-state index in [1.807, 2.05) is 47.2 Å². The van der Waals surface area contributed by atoms with E-state index in [9.17, 15) is 9.59 Å². The molecule has 1 saturated heterocycles. The van der Waals surface area contributed by atoms with Gasteiger partial charge >= 0.3 is 0 Å². The number of carbonyl (C=O) groups is 2. The van der Waals surface area contributed by atoms with Crippen LogP contribution in [0.5, 0.6) is 5.75 Å². The molecule has 2 aromatic heterocycles. The summed E-state index contributed by atoms with van der Waals surface area (Å²) in [7, 11) is 1.83. The number of H-pyrrole nitrogens is 1. The van der Waals surface area contributed by atoms with Crippen LogP contribution in [0.1, 0.15) is 40.8 Å².